The van der Waals surface area contributed by atoms with Gasteiger partial charge in [-0.25, -0.2) is 0 Å². The van der Waals surface area contributed by atoms with Crippen LogP contribution >= 0.6 is 0 Å². The summed E-state index contributed by atoms with van der Waals surface area (Å²) in [5.74, 6) is 1.40. The summed E-state index contributed by atoms with van der Waals surface area (Å²) in [6, 6.07) is 0.539. The summed E-state index contributed by atoms with van der Waals surface area (Å²) in [6.07, 6.45) is 12.1. The Bertz CT molecular complexity index is 328. The number of nitrogens with one attached hydrogen (secondary N) is 1. The maximum absolute atomic E-state index is 11.3. The molecule has 0 aromatic heterocycles. The molecule has 2 fully saturated rings. The fourth-order valence-corrected chi connectivity index (χ4v) is 4.23. The third kappa shape index (κ3) is 6.25. The van der Waals surface area contributed by atoms with E-state index < -0.39 is 0 Å². The van der Waals surface area contributed by atoms with Crippen LogP contribution in [-0.2, 0) is 4.79 Å². The lowest BCUT2D eigenvalue weighted by atomic mass is 9.87. The minimum absolute atomic E-state index is 0.192. The number of hydrogen-bond donors (Lipinski definition) is 2. The Morgan fingerprint density at radius 2 is 1.95 bits per heavy atom. The number of unbranched alkanes of at least 4 members (excludes halogenated alkanes) is 1. The van der Waals surface area contributed by atoms with Crippen molar-refractivity contribution in [3.05, 3.63) is 0 Å². The number of amides is 1. The maximum Gasteiger partial charge on any atom is 0.231 e. The first-order valence-corrected chi connectivity index (χ1v) is 9.41. The highest BCUT2D eigenvalue weighted by atomic mass is 16.1. The molecule has 2 rings (SSSR count). The smallest absolute Gasteiger partial charge is 0.231 e. The van der Waals surface area contributed by atoms with E-state index in [4.69, 9.17) is 5.73 Å². The average Bonchev–Trinajstić information content (AvgIpc) is 2.51. The number of nitrogens with zero attached hydrogens (tertiary/aromatic N) is 1. The van der Waals surface area contributed by atoms with Crippen LogP contribution in [0.25, 0.3) is 0 Å². The van der Waals surface area contributed by atoms with Gasteiger partial charge in [0.15, 0.2) is 0 Å². The Kier molecular flexibility index (Phi) is 7.67. The van der Waals surface area contributed by atoms with Gasteiger partial charge in [-0.3, -0.25) is 9.69 Å². The second kappa shape index (κ2) is 9.51. The third-order valence-corrected chi connectivity index (χ3v) is 5.38. The molecule has 0 aromatic carbocycles. The molecule has 1 saturated heterocycles. The van der Waals surface area contributed by atoms with E-state index in [0.717, 1.165) is 31.5 Å². The van der Waals surface area contributed by atoms with Gasteiger partial charge < -0.3 is 11.1 Å². The summed E-state index contributed by atoms with van der Waals surface area (Å²) in [6.45, 7) is 5.87. The zero-order valence-electron chi connectivity index (χ0n) is 14.4. The lowest BCUT2D eigenvalue weighted by Gasteiger charge is -2.38. The summed E-state index contributed by atoms with van der Waals surface area (Å²) in [5.41, 5.74) is 5.40. The van der Waals surface area contributed by atoms with Crippen LogP contribution in [-0.4, -0.2) is 43.0 Å². The third-order valence-electron chi connectivity index (χ3n) is 5.38. The quantitative estimate of drug-likeness (QED) is 0.724. The Balaban J connectivity index is 1.80. The van der Waals surface area contributed by atoms with Crippen molar-refractivity contribution < 1.29 is 4.79 Å². The predicted octanol–water partition coefficient (Wildman–Crippen LogP) is 2.52. The molecule has 22 heavy (non-hydrogen) atoms. The van der Waals surface area contributed by atoms with Crippen LogP contribution in [0, 0.1) is 11.8 Å². The first kappa shape index (κ1) is 17.7. The Morgan fingerprint density at radius 1 is 1.18 bits per heavy atom. The number of likely N-dealkylation sites (tertiary alicyclic amines) is 1. The van der Waals surface area contributed by atoms with Crippen LogP contribution in [0.2, 0.25) is 0 Å². The van der Waals surface area contributed by atoms with E-state index in [-0.39, 0.29) is 5.91 Å². The molecule has 0 aromatic rings. The molecular weight excluding hydrogens is 274 g/mol. The highest BCUT2D eigenvalue weighted by Crippen LogP contribution is 2.25. The summed E-state index contributed by atoms with van der Waals surface area (Å²) < 4.78 is 0. The molecule has 2 unspecified atom stereocenters. The van der Waals surface area contributed by atoms with Gasteiger partial charge in [0.2, 0.25) is 5.91 Å². The normalized spacial score (nSPS) is 27.9. The molecule has 1 saturated carbocycles. The van der Waals surface area contributed by atoms with Gasteiger partial charge in [-0.2, -0.15) is 0 Å². The zero-order valence-corrected chi connectivity index (χ0v) is 14.4. The molecule has 0 bridgehead atoms. The topological polar surface area (TPSA) is 58.4 Å². The summed E-state index contributed by atoms with van der Waals surface area (Å²) in [7, 11) is 0. The molecule has 1 amide bonds. The number of piperidine rings is 1. The summed E-state index contributed by atoms with van der Waals surface area (Å²) in [4.78, 5) is 13.5. The van der Waals surface area contributed by atoms with Crippen molar-refractivity contribution in [1.29, 1.82) is 0 Å². The summed E-state index contributed by atoms with van der Waals surface area (Å²) in [5, 5.41) is 3.81. The van der Waals surface area contributed by atoms with Crippen LogP contribution in [0.15, 0.2) is 0 Å². The molecule has 0 radical (unpaired) electrons. The van der Waals surface area contributed by atoms with Gasteiger partial charge >= 0.3 is 0 Å². The van der Waals surface area contributed by atoms with Crippen LogP contribution in [0.5, 0.6) is 0 Å². The van der Waals surface area contributed by atoms with E-state index in [1.54, 1.807) is 0 Å². The van der Waals surface area contributed by atoms with Crippen LogP contribution in [0.4, 0.5) is 0 Å². The lowest BCUT2D eigenvalue weighted by Crippen LogP contribution is -2.52. The number of nitrogens with two attached hydrogens (primary N) is 1. The fourth-order valence-electron chi connectivity index (χ4n) is 4.23. The zero-order chi connectivity index (χ0) is 15.8. The number of rotatable bonds is 8. The standard InChI is InChI=1S/C18H35N3O/c1-2-3-7-16-10-17(13-21(12-16)14-18(19)22)20-11-15-8-5-4-6-9-15/h15-17,20H,2-14H2,1H3,(H2,19,22). The van der Waals surface area contributed by atoms with Crippen molar-refractivity contribution >= 4 is 5.91 Å². The molecule has 1 aliphatic carbocycles. The number of hydrogen-bond acceptors (Lipinski definition) is 3. The molecule has 128 valence electrons. The van der Waals surface area contributed by atoms with Gasteiger partial charge in [0.1, 0.15) is 0 Å². The van der Waals surface area contributed by atoms with E-state index in [9.17, 15) is 4.79 Å². The number of carbonyl (C=O) groups excluding carboxylic acids is 1. The average molecular weight is 309 g/mol. The summed E-state index contributed by atoms with van der Waals surface area (Å²) >= 11 is 0. The number of carbonyl (C=O) groups is 1. The van der Waals surface area contributed by atoms with Crippen LogP contribution in [0.1, 0.15) is 64.7 Å². The van der Waals surface area contributed by atoms with Crippen LogP contribution in [0.3, 0.4) is 0 Å². The van der Waals surface area contributed by atoms with Gasteiger partial charge in [0.25, 0.3) is 0 Å². The van der Waals surface area contributed by atoms with E-state index in [1.807, 2.05) is 0 Å². The Morgan fingerprint density at radius 3 is 2.64 bits per heavy atom. The van der Waals surface area contributed by atoms with Crippen molar-refractivity contribution in [2.75, 3.05) is 26.2 Å². The minimum atomic E-state index is -0.192. The molecule has 2 aliphatic rings. The SMILES string of the molecule is CCCCC1CC(NCC2CCCCC2)CN(CC(N)=O)C1. The second-order valence-corrected chi connectivity index (χ2v) is 7.51. The highest BCUT2D eigenvalue weighted by Gasteiger charge is 2.28. The Labute approximate surface area is 136 Å². The van der Waals surface area contributed by atoms with Gasteiger partial charge in [0, 0.05) is 19.1 Å². The van der Waals surface area contributed by atoms with E-state index in [0.29, 0.717) is 12.6 Å². The van der Waals surface area contributed by atoms with Gasteiger partial charge in [-0.05, 0) is 44.1 Å². The predicted molar refractivity (Wildman–Crippen MR) is 91.6 cm³/mol. The van der Waals surface area contributed by atoms with Crippen molar-refractivity contribution in [3.63, 3.8) is 0 Å². The van der Waals surface area contributed by atoms with E-state index in [2.05, 4.69) is 17.1 Å². The van der Waals surface area contributed by atoms with Crippen molar-refractivity contribution in [2.45, 2.75) is 70.8 Å². The van der Waals surface area contributed by atoms with E-state index in [1.165, 1.54) is 57.8 Å². The van der Waals surface area contributed by atoms with Gasteiger partial charge in [-0.1, -0.05) is 39.0 Å². The van der Waals surface area contributed by atoms with Crippen molar-refractivity contribution in [3.8, 4) is 0 Å². The molecule has 0 spiro atoms. The monoisotopic (exact) mass is 309 g/mol. The lowest BCUT2D eigenvalue weighted by molar-refractivity contribution is -0.119. The van der Waals surface area contributed by atoms with Gasteiger partial charge in [-0.15, -0.1) is 0 Å². The molecule has 2 atom stereocenters. The molecule has 1 aliphatic heterocycles. The molecule has 4 heteroatoms. The fraction of sp³-hybridized carbons (Fsp3) is 0.944. The highest BCUT2D eigenvalue weighted by molar-refractivity contribution is 5.75. The largest absolute Gasteiger partial charge is 0.369 e. The Hall–Kier alpha value is -0.610. The molecule has 3 N–H and O–H groups in total. The van der Waals surface area contributed by atoms with Gasteiger partial charge in [0.05, 0.1) is 6.54 Å². The maximum atomic E-state index is 11.3. The first-order chi connectivity index (χ1) is 10.7. The van der Waals surface area contributed by atoms with Crippen molar-refractivity contribution in [1.82, 2.24) is 10.2 Å². The minimum Gasteiger partial charge on any atom is -0.369 e. The number of primary amides is 1. The molecule has 1 heterocycles. The van der Waals surface area contributed by atoms with Crippen molar-refractivity contribution in [2.24, 2.45) is 17.6 Å². The molecular formula is C18H35N3O. The second-order valence-electron chi connectivity index (χ2n) is 7.51. The van der Waals surface area contributed by atoms with E-state index >= 15 is 0 Å². The van der Waals surface area contributed by atoms with Crippen LogP contribution < -0.4 is 11.1 Å². The first-order valence-electron chi connectivity index (χ1n) is 9.41. The molecule has 4 nitrogen and oxygen atoms in total.